The van der Waals surface area contributed by atoms with Crippen LogP contribution in [-0.2, 0) is 6.42 Å². The van der Waals surface area contributed by atoms with E-state index in [1.807, 2.05) is 47.1 Å². The van der Waals surface area contributed by atoms with Gasteiger partial charge >= 0.3 is 0 Å². The molecule has 7 heteroatoms. The van der Waals surface area contributed by atoms with Crippen molar-refractivity contribution in [1.29, 1.82) is 0 Å². The molecule has 0 unspecified atom stereocenters. The number of pyridine rings is 1. The highest BCUT2D eigenvalue weighted by Gasteiger charge is 2.10. The summed E-state index contributed by atoms with van der Waals surface area (Å²) < 4.78 is 1.81. The molecular formula is C20H18N6O. The highest BCUT2D eigenvalue weighted by Crippen LogP contribution is 2.18. The number of aromatic nitrogens is 5. The van der Waals surface area contributed by atoms with E-state index in [0.717, 1.165) is 18.4 Å². The molecule has 1 N–H and O–H groups in total. The maximum atomic E-state index is 12.3. The van der Waals surface area contributed by atoms with Gasteiger partial charge in [0, 0.05) is 42.5 Å². The van der Waals surface area contributed by atoms with Crippen molar-refractivity contribution in [2.75, 3.05) is 6.54 Å². The van der Waals surface area contributed by atoms with E-state index in [1.54, 1.807) is 24.5 Å². The van der Waals surface area contributed by atoms with Crippen molar-refractivity contribution in [2.24, 2.45) is 0 Å². The topological polar surface area (TPSA) is 85.1 Å². The number of hydrogen-bond acceptors (Lipinski definition) is 5. The summed E-state index contributed by atoms with van der Waals surface area (Å²) >= 11 is 0. The third-order valence-corrected chi connectivity index (χ3v) is 4.24. The van der Waals surface area contributed by atoms with Gasteiger partial charge in [-0.3, -0.25) is 14.2 Å². The molecule has 0 atom stereocenters. The molecule has 0 aliphatic rings. The first-order chi connectivity index (χ1) is 13.3. The summed E-state index contributed by atoms with van der Waals surface area (Å²) in [6, 6.07) is 13.1. The Morgan fingerprint density at radius 2 is 1.93 bits per heavy atom. The van der Waals surface area contributed by atoms with Crippen LogP contribution in [0, 0.1) is 0 Å². The molecule has 3 heterocycles. The third-order valence-electron chi connectivity index (χ3n) is 4.24. The van der Waals surface area contributed by atoms with Gasteiger partial charge in [-0.15, -0.1) is 10.2 Å². The quantitative estimate of drug-likeness (QED) is 0.536. The van der Waals surface area contributed by atoms with Crippen molar-refractivity contribution in [3.8, 4) is 11.4 Å². The summed E-state index contributed by atoms with van der Waals surface area (Å²) in [5, 5.41) is 11.2. The molecule has 1 amide bonds. The Hall–Kier alpha value is -3.61. The molecule has 7 nitrogen and oxygen atoms in total. The van der Waals surface area contributed by atoms with Gasteiger partial charge in [0.25, 0.3) is 11.7 Å². The molecule has 0 aliphatic heterocycles. The maximum absolute atomic E-state index is 12.3. The second kappa shape index (κ2) is 7.74. The molecule has 4 rings (SSSR count). The largest absolute Gasteiger partial charge is 0.352 e. The van der Waals surface area contributed by atoms with Gasteiger partial charge in [-0.05, 0) is 42.7 Å². The van der Waals surface area contributed by atoms with Gasteiger partial charge in [0.15, 0.2) is 5.82 Å². The molecule has 0 saturated carbocycles. The standard InChI is InChI=1S/C20H18N6O/c27-19(22-11-2-5-15-4-1-10-21-14-15)17-8-6-16(7-9-17)18-24-25-20-23-12-3-13-26(18)20/h1,3-4,6-10,12-14H,2,5,11H2,(H,22,27). The van der Waals surface area contributed by atoms with Crippen LogP contribution in [0.1, 0.15) is 22.3 Å². The molecule has 0 spiro atoms. The van der Waals surface area contributed by atoms with Gasteiger partial charge in [0.1, 0.15) is 0 Å². The minimum Gasteiger partial charge on any atom is -0.352 e. The number of fused-ring (bicyclic) bond motifs is 1. The zero-order valence-corrected chi connectivity index (χ0v) is 14.6. The molecule has 1 aromatic carbocycles. The van der Waals surface area contributed by atoms with Crippen molar-refractivity contribution >= 4 is 11.7 Å². The van der Waals surface area contributed by atoms with Crippen LogP contribution in [0.5, 0.6) is 0 Å². The van der Waals surface area contributed by atoms with Gasteiger partial charge in [-0.1, -0.05) is 18.2 Å². The van der Waals surface area contributed by atoms with Crippen LogP contribution in [0.15, 0.2) is 67.3 Å². The summed E-state index contributed by atoms with van der Waals surface area (Å²) in [4.78, 5) is 20.5. The highest BCUT2D eigenvalue weighted by atomic mass is 16.1. The van der Waals surface area contributed by atoms with Crippen LogP contribution in [-0.4, -0.2) is 37.0 Å². The molecule has 27 heavy (non-hydrogen) atoms. The number of carbonyl (C=O) groups excluding carboxylic acids is 1. The van der Waals surface area contributed by atoms with E-state index >= 15 is 0 Å². The number of aryl methyl sites for hydroxylation is 1. The van der Waals surface area contributed by atoms with Crippen molar-refractivity contribution in [3.63, 3.8) is 0 Å². The zero-order valence-electron chi connectivity index (χ0n) is 14.6. The van der Waals surface area contributed by atoms with Gasteiger partial charge < -0.3 is 5.32 Å². The lowest BCUT2D eigenvalue weighted by molar-refractivity contribution is 0.0953. The predicted octanol–water partition coefficient (Wildman–Crippen LogP) is 2.55. The number of nitrogens with zero attached hydrogens (tertiary/aromatic N) is 5. The minimum atomic E-state index is -0.0829. The molecule has 0 fully saturated rings. The Bertz CT molecular complexity index is 1040. The number of carbonyl (C=O) groups is 1. The number of rotatable bonds is 6. The Morgan fingerprint density at radius 3 is 2.74 bits per heavy atom. The second-order valence-corrected chi connectivity index (χ2v) is 6.11. The van der Waals surface area contributed by atoms with Crippen LogP contribution < -0.4 is 5.32 Å². The van der Waals surface area contributed by atoms with E-state index in [0.29, 0.717) is 23.7 Å². The Labute approximate surface area is 156 Å². The Kier molecular flexibility index (Phi) is 4.82. The lowest BCUT2D eigenvalue weighted by atomic mass is 10.1. The fraction of sp³-hybridized carbons (Fsp3) is 0.150. The normalized spacial score (nSPS) is 10.8. The molecule has 0 saturated heterocycles. The lowest BCUT2D eigenvalue weighted by Gasteiger charge is -2.06. The first kappa shape index (κ1) is 16.8. The van der Waals surface area contributed by atoms with Crippen LogP contribution in [0.25, 0.3) is 17.2 Å². The molecule has 0 bridgehead atoms. The monoisotopic (exact) mass is 358 g/mol. The van der Waals surface area contributed by atoms with E-state index in [-0.39, 0.29) is 5.91 Å². The van der Waals surface area contributed by atoms with Crippen molar-refractivity contribution < 1.29 is 4.79 Å². The van der Waals surface area contributed by atoms with Crippen molar-refractivity contribution in [2.45, 2.75) is 12.8 Å². The van der Waals surface area contributed by atoms with Gasteiger partial charge in [0.2, 0.25) is 0 Å². The van der Waals surface area contributed by atoms with E-state index in [2.05, 4.69) is 25.5 Å². The van der Waals surface area contributed by atoms with Crippen molar-refractivity contribution in [1.82, 2.24) is 29.9 Å². The predicted molar refractivity (Wildman–Crippen MR) is 101 cm³/mol. The number of hydrogen-bond donors (Lipinski definition) is 1. The lowest BCUT2D eigenvalue weighted by Crippen LogP contribution is -2.24. The first-order valence-electron chi connectivity index (χ1n) is 8.74. The first-order valence-corrected chi connectivity index (χ1v) is 8.74. The van der Waals surface area contributed by atoms with E-state index in [1.165, 1.54) is 5.56 Å². The summed E-state index contributed by atoms with van der Waals surface area (Å²) in [7, 11) is 0. The SMILES string of the molecule is O=C(NCCCc1cccnc1)c1ccc(-c2nnc3ncccn23)cc1. The fourth-order valence-electron chi connectivity index (χ4n) is 2.85. The second-order valence-electron chi connectivity index (χ2n) is 6.11. The average molecular weight is 358 g/mol. The highest BCUT2D eigenvalue weighted by molar-refractivity contribution is 5.94. The Morgan fingerprint density at radius 1 is 1.04 bits per heavy atom. The molecule has 0 radical (unpaired) electrons. The molecule has 3 aromatic heterocycles. The van der Waals surface area contributed by atoms with Crippen LogP contribution in [0.2, 0.25) is 0 Å². The van der Waals surface area contributed by atoms with Crippen molar-refractivity contribution in [3.05, 3.63) is 78.4 Å². The van der Waals surface area contributed by atoms with Gasteiger partial charge in [-0.25, -0.2) is 4.98 Å². The molecular weight excluding hydrogens is 340 g/mol. The third kappa shape index (κ3) is 3.82. The molecule has 134 valence electrons. The molecule has 0 aliphatic carbocycles. The Balaban J connectivity index is 1.36. The van der Waals surface area contributed by atoms with Gasteiger partial charge in [0.05, 0.1) is 0 Å². The van der Waals surface area contributed by atoms with E-state index in [4.69, 9.17) is 0 Å². The maximum Gasteiger partial charge on any atom is 0.255 e. The summed E-state index contributed by atoms with van der Waals surface area (Å²) in [6.45, 7) is 0.621. The summed E-state index contributed by atoms with van der Waals surface area (Å²) in [5.74, 6) is 1.16. The van der Waals surface area contributed by atoms with Crippen LogP contribution in [0.4, 0.5) is 0 Å². The fourth-order valence-corrected chi connectivity index (χ4v) is 2.85. The minimum absolute atomic E-state index is 0.0829. The van der Waals surface area contributed by atoms with Crippen LogP contribution in [0.3, 0.4) is 0 Å². The zero-order chi connectivity index (χ0) is 18.5. The number of benzene rings is 1. The summed E-state index contributed by atoms with van der Waals surface area (Å²) in [6.07, 6.45) is 8.91. The number of nitrogens with one attached hydrogen (secondary N) is 1. The van der Waals surface area contributed by atoms with Gasteiger partial charge in [-0.2, -0.15) is 0 Å². The van der Waals surface area contributed by atoms with E-state index < -0.39 is 0 Å². The van der Waals surface area contributed by atoms with E-state index in [9.17, 15) is 4.79 Å². The molecule has 4 aromatic rings. The smallest absolute Gasteiger partial charge is 0.255 e. The van der Waals surface area contributed by atoms with Crippen LogP contribution >= 0.6 is 0 Å². The summed E-state index contributed by atoms with van der Waals surface area (Å²) in [5.41, 5.74) is 2.67. The average Bonchev–Trinajstić information content (AvgIpc) is 3.16. The number of amides is 1.